The number of anilines is 1. The number of hydrazine groups is 1. The molecule has 2 aromatic rings. The van der Waals surface area contributed by atoms with Crippen LogP contribution in [0.25, 0.3) is 0 Å². The Hall–Kier alpha value is -3.06. The minimum Gasteiger partial charge on any atom is -0.481 e. The molecule has 142 valence electrons. The van der Waals surface area contributed by atoms with Crippen LogP contribution in [0.3, 0.4) is 0 Å². The predicted octanol–water partition coefficient (Wildman–Crippen LogP) is 2.67. The lowest BCUT2D eigenvalue weighted by Crippen LogP contribution is -2.47. The van der Waals surface area contributed by atoms with E-state index < -0.39 is 17.9 Å². The first-order valence-electron chi connectivity index (χ1n) is 8.30. The van der Waals surface area contributed by atoms with Crippen molar-refractivity contribution in [1.82, 2.24) is 10.9 Å². The lowest BCUT2D eigenvalue weighted by molar-refractivity contribution is -0.133. The van der Waals surface area contributed by atoms with Gasteiger partial charge in [0, 0.05) is 23.6 Å². The van der Waals surface area contributed by atoms with Gasteiger partial charge in [0.15, 0.2) is 6.10 Å². The number of hydrogen-bond donors (Lipinski definition) is 3. The molecule has 1 unspecified atom stereocenters. The van der Waals surface area contributed by atoms with Gasteiger partial charge in [0.25, 0.3) is 5.91 Å². The van der Waals surface area contributed by atoms with Gasteiger partial charge in [0.2, 0.25) is 11.8 Å². The van der Waals surface area contributed by atoms with E-state index in [2.05, 4.69) is 16.2 Å². The molecule has 0 aliphatic rings. The maximum Gasteiger partial charge on any atom is 0.279 e. The van der Waals surface area contributed by atoms with Gasteiger partial charge in [-0.15, -0.1) is 0 Å². The van der Waals surface area contributed by atoms with E-state index in [1.54, 1.807) is 55.5 Å². The van der Waals surface area contributed by atoms with Crippen LogP contribution in [-0.2, 0) is 14.4 Å². The number of nitrogens with one attached hydrogen (secondary N) is 3. The Labute approximate surface area is 162 Å². The zero-order valence-electron chi connectivity index (χ0n) is 14.7. The highest BCUT2D eigenvalue weighted by atomic mass is 35.5. The topological polar surface area (TPSA) is 96.5 Å². The molecule has 0 saturated heterocycles. The van der Waals surface area contributed by atoms with Crippen molar-refractivity contribution in [2.75, 3.05) is 5.32 Å². The summed E-state index contributed by atoms with van der Waals surface area (Å²) in [6, 6.07) is 15.5. The van der Waals surface area contributed by atoms with E-state index in [1.165, 1.54) is 0 Å². The summed E-state index contributed by atoms with van der Waals surface area (Å²) in [5, 5.41) is 3.23. The van der Waals surface area contributed by atoms with Crippen LogP contribution < -0.4 is 20.9 Å². The molecule has 8 heteroatoms. The average Bonchev–Trinajstić information content (AvgIpc) is 2.67. The molecule has 2 rings (SSSR count). The summed E-state index contributed by atoms with van der Waals surface area (Å²) in [6.07, 6.45) is -0.897. The summed E-state index contributed by atoms with van der Waals surface area (Å²) >= 11 is 5.78. The third kappa shape index (κ3) is 7.37. The standard InChI is InChI=1S/C19H20ClN3O4/c1-13(27-16-9-7-14(20)8-10-16)19(26)23-22-18(25)12-11-17(24)21-15-5-3-2-4-6-15/h2-10,13H,11-12H2,1H3,(H,21,24)(H,22,25)(H,23,26). The molecule has 0 radical (unpaired) electrons. The van der Waals surface area contributed by atoms with Crippen molar-refractivity contribution in [1.29, 1.82) is 0 Å². The van der Waals surface area contributed by atoms with Crippen LogP contribution >= 0.6 is 11.6 Å². The Kier molecular flexibility index (Phi) is 7.63. The Balaban J connectivity index is 1.67. The van der Waals surface area contributed by atoms with Crippen molar-refractivity contribution < 1.29 is 19.1 Å². The van der Waals surface area contributed by atoms with Gasteiger partial charge in [-0.05, 0) is 43.3 Å². The maximum absolute atomic E-state index is 11.9. The van der Waals surface area contributed by atoms with Crippen molar-refractivity contribution in [3.05, 3.63) is 59.6 Å². The van der Waals surface area contributed by atoms with Crippen LogP contribution in [-0.4, -0.2) is 23.8 Å². The molecule has 0 aliphatic carbocycles. The first kappa shape index (κ1) is 20.3. The molecule has 2 aromatic carbocycles. The molecule has 0 bridgehead atoms. The minimum absolute atomic E-state index is 0.00652. The van der Waals surface area contributed by atoms with E-state index in [-0.39, 0.29) is 18.7 Å². The van der Waals surface area contributed by atoms with Crippen LogP contribution in [0, 0.1) is 0 Å². The second-order valence-corrected chi connectivity index (χ2v) is 6.10. The third-order valence-corrected chi connectivity index (χ3v) is 3.71. The molecular formula is C19H20ClN3O4. The predicted molar refractivity (Wildman–Crippen MR) is 102 cm³/mol. The average molecular weight is 390 g/mol. The first-order valence-corrected chi connectivity index (χ1v) is 8.67. The Bertz CT molecular complexity index is 781. The molecule has 0 fully saturated rings. The summed E-state index contributed by atoms with van der Waals surface area (Å²) in [6.45, 7) is 1.55. The second-order valence-electron chi connectivity index (χ2n) is 5.67. The van der Waals surface area contributed by atoms with E-state index in [4.69, 9.17) is 16.3 Å². The van der Waals surface area contributed by atoms with E-state index >= 15 is 0 Å². The number of rotatable bonds is 7. The molecule has 0 aromatic heterocycles. The SMILES string of the molecule is CC(Oc1ccc(Cl)cc1)C(=O)NNC(=O)CCC(=O)Nc1ccccc1. The van der Waals surface area contributed by atoms with E-state index in [0.717, 1.165) is 0 Å². The van der Waals surface area contributed by atoms with Crippen molar-refractivity contribution in [3.63, 3.8) is 0 Å². The van der Waals surface area contributed by atoms with Crippen LogP contribution in [0.5, 0.6) is 5.75 Å². The smallest absolute Gasteiger partial charge is 0.279 e. The quantitative estimate of drug-likeness (QED) is 0.634. The minimum atomic E-state index is -0.826. The summed E-state index contributed by atoms with van der Waals surface area (Å²) < 4.78 is 5.44. The Morgan fingerprint density at radius 2 is 1.56 bits per heavy atom. The molecule has 0 heterocycles. The number of para-hydroxylation sites is 1. The third-order valence-electron chi connectivity index (χ3n) is 3.46. The summed E-state index contributed by atoms with van der Waals surface area (Å²) in [7, 11) is 0. The molecule has 0 spiro atoms. The van der Waals surface area contributed by atoms with Crippen LogP contribution in [0.4, 0.5) is 5.69 Å². The van der Waals surface area contributed by atoms with Crippen molar-refractivity contribution in [2.24, 2.45) is 0 Å². The highest BCUT2D eigenvalue weighted by Gasteiger charge is 2.15. The molecule has 7 nitrogen and oxygen atoms in total. The fraction of sp³-hybridized carbons (Fsp3) is 0.211. The van der Waals surface area contributed by atoms with Gasteiger partial charge >= 0.3 is 0 Å². The normalized spacial score (nSPS) is 11.2. The summed E-state index contributed by atoms with van der Waals surface area (Å²) in [4.78, 5) is 35.5. The largest absolute Gasteiger partial charge is 0.481 e. The van der Waals surface area contributed by atoms with Crippen molar-refractivity contribution in [2.45, 2.75) is 25.9 Å². The monoisotopic (exact) mass is 389 g/mol. The van der Waals surface area contributed by atoms with Crippen LogP contribution in [0.1, 0.15) is 19.8 Å². The van der Waals surface area contributed by atoms with Gasteiger partial charge < -0.3 is 10.1 Å². The van der Waals surface area contributed by atoms with Gasteiger partial charge in [0.1, 0.15) is 5.75 Å². The van der Waals surface area contributed by atoms with Gasteiger partial charge in [0.05, 0.1) is 0 Å². The number of carbonyl (C=O) groups is 3. The van der Waals surface area contributed by atoms with Crippen LogP contribution in [0.15, 0.2) is 54.6 Å². The number of amides is 3. The first-order chi connectivity index (χ1) is 12.9. The van der Waals surface area contributed by atoms with E-state index in [9.17, 15) is 14.4 Å². The molecule has 3 amide bonds. The number of benzene rings is 2. The highest BCUT2D eigenvalue weighted by Crippen LogP contribution is 2.16. The number of ether oxygens (including phenoxy) is 1. The number of carbonyl (C=O) groups excluding carboxylic acids is 3. The molecule has 1 atom stereocenters. The zero-order chi connectivity index (χ0) is 19.6. The van der Waals surface area contributed by atoms with Gasteiger partial charge in [-0.1, -0.05) is 29.8 Å². The van der Waals surface area contributed by atoms with Crippen LogP contribution in [0.2, 0.25) is 5.02 Å². The fourth-order valence-corrected chi connectivity index (χ4v) is 2.16. The maximum atomic E-state index is 11.9. The van der Waals surface area contributed by atoms with Gasteiger partial charge in [-0.3, -0.25) is 25.2 Å². The molecular weight excluding hydrogens is 370 g/mol. The lowest BCUT2D eigenvalue weighted by atomic mass is 10.2. The zero-order valence-corrected chi connectivity index (χ0v) is 15.5. The van der Waals surface area contributed by atoms with Gasteiger partial charge in [-0.25, -0.2) is 0 Å². The lowest BCUT2D eigenvalue weighted by Gasteiger charge is -2.15. The second kappa shape index (κ2) is 10.2. The van der Waals surface area contributed by atoms with Crippen molar-refractivity contribution in [3.8, 4) is 5.75 Å². The molecule has 0 aliphatic heterocycles. The Morgan fingerprint density at radius 3 is 2.22 bits per heavy atom. The molecule has 0 saturated carbocycles. The van der Waals surface area contributed by atoms with E-state index in [0.29, 0.717) is 16.5 Å². The number of hydrogen-bond acceptors (Lipinski definition) is 4. The highest BCUT2D eigenvalue weighted by molar-refractivity contribution is 6.30. The summed E-state index contributed by atoms with van der Waals surface area (Å²) in [5.74, 6) is -0.814. The number of halogens is 1. The Morgan fingerprint density at radius 1 is 0.926 bits per heavy atom. The van der Waals surface area contributed by atoms with Gasteiger partial charge in [-0.2, -0.15) is 0 Å². The van der Waals surface area contributed by atoms with E-state index in [1.807, 2.05) is 6.07 Å². The van der Waals surface area contributed by atoms with Crippen molar-refractivity contribution >= 4 is 35.0 Å². The molecule has 3 N–H and O–H groups in total. The summed E-state index contributed by atoms with van der Waals surface area (Å²) in [5.41, 5.74) is 5.18. The molecule has 27 heavy (non-hydrogen) atoms. The fourth-order valence-electron chi connectivity index (χ4n) is 2.04.